The molecule has 1 atom stereocenters. The van der Waals surface area contributed by atoms with Crippen LogP contribution >= 0.6 is 0 Å². The van der Waals surface area contributed by atoms with Crippen LogP contribution in [0.25, 0.3) is 0 Å². The second kappa shape index (κ2) is 5.31. The Morgan fingerprint density at radius 3 is 3.00 bits per heavy atom. The number of hydrogen-bond acceptors (Lipinski definition) is 3. The Balaban J connectivity index is 2.12. The van der Waals surface area contributed by atoms with E-state index in [1.807, 2.05) is 18.7 Å². The molecule has 0 aromatic carbocycles. The molecular formula is C12H20N4O. The summed E-state index contributed by atoms with van der Waals surface area (Å²) in [6.45, 7) is 6.62. The predicted molar refractivity (Wildman–Crippen MR) is 65.9 cm³/mol. The SMILES string of the molecule is CCN(C(=O)c1cn[nH]c1C)C1CCCNC1. The maximum Gasteiger partial charge on any atom is 0.257 e. The fourth-order valence-electron chi connectivity index (χ4n) is 2.39. The van der Waals surface area contributed by atoms with Gasteiger partial charge in [-0.1, -0.05) is 0 Å². The van der Waals surface area contributed by atoms with Gasteiger partial charge in [0.2, 0.25) is 0 Å². The number of nitrogens with one attached hydrogen (secondary N) is 2. The second-order valence-corrected chi connectivity index (χ2v) is 4.50. The number of piperidine rings is 1. The van der Waals surface area contributed by atoms with Crippen molar-refractivity contribution in [3.8, 4) is 0 Å². The Hall–Kier alpha value is -1.36. The molecule has 2 N–H and O–H groups in total. The fraction of sp³-hybridized carbons (Fsp3) is 0.667. The lowest BCUT2D eigenvalue weighted by molar-refractivity contribution is 0.0661. The van der Waals surface area contributed by atoms with E-state index in [1.165, 1.54) is 0 Å². The van der Waals surface area contributed by atoms with E-state index in [4.69, 9.17) is 0 Å². The fourth-order valence-corrected chi connectivity index (χ4v) is 2.39. The van der Waals surface area contributed by atoms with Gasteiger partial charge in [-0.05, 0) is 33.2 Å². The maximum absolute atomic E-state index is 12.4. The number of amides is 1. The van der Waals surface area contributed by atoms with Crippen LogP contribution < -0.4 is 5.32 Å². The summed E-state index contributed by atoms with van der Waals surface area (Å²) in [5, 5.41) is 10.1. The van der Waals surface area contributed by atoms with Crippen molar-refractivity contribution in [3.05, 3.63) is 17.5 Å². The van der Waals surface area contributed by atoms with Crippen LogP contribution in [0.1, 0.15) is 35.8 Å². The average molecular weight is 236 g/mol. The summed E-state index contributed by atoms with van der Waals surface area (Å²) in [5.41, 5.74) is 1.54. The van der Waals surface area contributed by atoms with Gasteiger partial charge < -0.3 is 10.2 Å². The highest BCUT2D eigenvalue weighted by molar-refractivity contribution is 5.95. The van der Waals surface area contributed by atoms with E-state index in [9.17, 15) is 4.79 Å². The van der Waals surface area contributed by atoms with Crippen molar-refractivity contribution in [1.29, 1.82) is 0 Å². The molecule has 5 nitrogen and oxygen atoms in total. The van der Waals surface area contributed by atoms with Gasteiger partial charge in [0.1, 0.15) is 0 Å². The van der Waals surface area contributed by atoms with Crippen LogP contribution in [0, 0.1) is 6.92 Å². The molecule has 1 amide bonds. The zero-order valence-electron chi connectivity index (χ0n) is 10.5. The Kier molecular flexibility index (Phi) is 3.78. The molecule has 1 aliphatic heterocycles. The van der Waals surface area contributed by atoms with Gasteiger partial charge in [-0.25, -0.2) is 0 Å². The molecule has 0 aliphatic carbocycles. The van der Waals surface area contributed by atoms with Crippen molar-refractivity contribution in [3.63, 3.8) is 0 Å². The van der Waals surface area contributed by atoms with Gasteiger partial charge in [-0.2, -0.15) is 5.10 Å². The third kappa shape index (κ3) is 2.49. The van der Waals surface area contributed by atoms with Gasteiger partial charge in [0.05, 0.1) is 11.8 Å². The normalized spacial score (nSPS) is 20.2. The zero-order chi connectivity index (χ0) is 12.3. The van der Waals surface area contributed by atoms with Crippen molar-refractivity contribution in [2.24, 2.45) is 0 Å². The van der Waals surface area contributed by atoms with E-state index >= 15 is 0 Å². The number of carbonyl (C=O) groups is 1. The lowest BCUT2D eigenvalue weighted by Gasteiger charge is -2.33. The van der Waals surface area contributed by atoms with E-state index < -0.39 is 0 Å². The van der Waals surface area contributed by atoms with E-state index in [1.54, 1.807) is 6.20 Å². The van der Waals surface area contributed by atoms with Gasteiger partial charge in [-0.15, -0.1) is 0 Å². The van der Waals surface area contributed by atoms with Crippen LogP contribution in [0.2, 0.25) is 0 Å². The molecular weight excluding hydrogens is 216 g/mol. The standard InChI is InChI=1S/C12H20N4O/c1-3-16(10-5-4-6-13-7-10)12(17)11-8-14-15-9(11)2/h8,10,13H,3-7H2,1-2H3,(H,14,15). The van der Waals surface area contributed by atoms with Crippen molar-refractivity contribution in [1.82, 2.24) is 20.4 Å². The maximum atomic E-state index is 12.4. The molecule has 0 bridgehead atoms. The van der Waals surface area contributed by atoms with Crippen molar-refractivity contribution >= 4 is 5.91 Å². The number of likely N-dealkylation sites (N-methyl/N-ethyl adjacent to an activating group) is 1. The minimum absolute atomic E-state index is 0.0902. The topological polar surface area (TPSA) is 61.0 Å². The Labute approximate surface area is 102 Å². The number of aryl methyl sites for hydroxylation is 1. The molecule has 0 spiro atoms. The molecule has 2 heterocycles. The first-order valence-electron chi connectivity index (χ1n) is 6.25. The predicted octanol–water partition coefficient (Wildman–Crippen LogP) is 0.932. The first kappa shape index (κ1) is 12.1. The number of H-pyrrole nitrogens is 1. The quantitative estimate of drug-likeness (QED) is 0.821. The van der Waals surface area contributed by atoms with Crippen LogP contribution in [0.15, 0.2) is 6.20 Å². The third-order valence-electron chi connectivity index (χ3n) is 3.37. The highest BCUT2D eigenvalue weighted by Gasteiger charge is 2.26. The van der Waals surface area contributed by atoms with Crippen LogP contribution in [0.5, 0.6) is 0 Å². The van der Waals surface area contributed by atoms with Gasteiger partial charge in [0.25, 0.3) is 5.91 Å². The van der Waals surface area contributed by atoms with Crippen LogP contribution in [-0.4, -0.2) is 46.7 Å². The molecule has 17 heavy (non-hydrogen) atoms. The summed E-state index contributed by atoms with van der Waals surface area (Å²) < 4.78 is 0. The van der Waals surface area contributed by atoms with Gasteiger partial charge >= 0.3 is 0 Å². The molecule has 0 saturated carbocycles. The van der Waals surface area contributed by atoms with Crippen molar-refractivity contribution in [2.75, 3.05) is 19.6 Å². The molecule has 1 aromatic rings. The van der Waals surface area contributed by atoms with E-state index in [-0.39, 0.29) is 5.91 Å². The molecule has 94 valence electrons. The summed E-state index contributed by atoms with van der Waals surface area (Å²) in [6, 6.07) is 0.315. The molecule has 5 heteroatoms. The summed E-state index contributed by atoms with van der Waals surface area (Å²) in [7, 11) is 0. The molecule has 1 saturated heterocycles. The smallest absolute Gasteiger partial charge is 0.257 e. The van der Waals surface area contributed by atoms with E-state index in [0.29, 0.717) is 11.6 Å². The largest absolute Gasteiger partial charge is 0.335 e. The monoisotopic (exact) mass is 236 g/mol. The van der Waals surface area contributed by atoms with Crippen molar-refractivity contribution < 1.29 is 4.79 Å². The van der Waals surface area contributed by atoms with Gasteiger partial charge in [0.15, 0.2) is 0 Å². The van der Waals surface area contributed by atoms with Crippen molar-refractivity contribution in [2.45, 2.75) is 32.7 Å². The first-order chi connectivity index (χ1) is 8.24. The Morgan fingerprint density at radius 1 is 1.65 bits per heavy atom. The van der Waals surface area contributed by atoms with E-state index in [0.717, 1.165) is 38.2 Å². The summed E-state index contributed by atoms with van der Waals surface area (Å²) in [5.74, 6) is 0.0902. The van der Waals surface area contributed by atoms with Crippen LogP contribution in [0.4, 0.5) is 0 Å². The Bertz CT molecular complexity index is 382. The molecule has 1 aromatic heterocycles. The van der Waals surface area contributed by atoms with Gasteiger partial charge in [0, 0.05) is 24.8 Å². The summed E-state index contributed by atoms with van der Waals surface area (Å²) in [6.07, 6.45) is 3.85. The first-order valence-corrected chi connectivity index (χ1v) is 6.25. The summed E-state index contributed by atoms with van der Waals surface area (Å²) in [4.78, 5) is 14.3. The lowest BCUT2D eigenvalue weighted by Crippen LogP contribution is -2.48. The molecule has 0 radical (unpaired) electrons. The highest BCUT2D eigenvalue weighted by atomic mass is 16.2. The summed E-state index contributed by atoms with van der Waals surface area (Å²) >= 11 is 0. The number of nitrogens with zero attached hydrogens (tertiary/aromatic N) is 2. The number of rotatable bonds is 3. The highest BCUT2D eigenvalue weighted by Crippen LogP contribution is 2.15. The minimum Gasteiger partial charge on any atom is -0.335 e. The molecule has 2 rings (SSSR count). The number of carbonyl (C=O) groups excluding carboxylic acids is 1. The minimum atomic E-state index is 0.0902. The number of aromatic nitrogens is 2. The zero-order valence-corrected chi connectivity index (χ0v) is 10.5. The Morgan fingerprint density at radius 2 is 2.47 bits per heavy atom. The van der Waals surface area contributed by atoms with E-state index in [2.05, 4.69) is 15.5 Å². The third-order valence-corrected chi connectivity index (χ3v) is 3.37. The molecule has 1 unspecified atom stereocenters. The van der Waals surface area contributed by atoms with Gasteiger partial charge in [-0.3, -0.25) is 9.89 Å². The lowest BCUT2D eigenvalue weighted by atomic mass is 10.0. The second-order valence-electron chi connectivity index (χ2n) is 4.50. The number of hydrogen-bond donors (Lipinski definition) is 2. The average Bonchev–Trinajstić information content (AvgIpc) is 2.77. The van der Waals surface area contributed by atoms with Crippen LogP contribution in [0.3, 0.4) is 0 Å². The molecule has 1 fully saturated rings. The number of aromatic amines is 1. The molecule has 1 aliphatic rings. The van der Waals surface area contributed by atoms with Crippen LogP contribution in [-0.2, 0) is 0 Å².